The smallest absolute Gasteiger partial charge is 0.225 e. The average molecular weight is 341 g/mol. The van der Waals surface area contributed by atoms with Crippen molar-refractivity contribution in [1.29, 1.82) is 0 Å². The van der Waals surface area contributed by atoms with Crippen LogP contribution < -0.4 is 0 Å². The summed E-state index contributed by atoms with van der Waals surface area (Å²) in [7, 11) is 0. The van der Waals surface area contributed by atoms with Gasteiger partial charge in [-0.3, -0.25) is 4.79 Å². The maximum Gasteiger partial charge on any atom is 0.225 e. The normalized spacial score (nSPS) is 30.2. The van der Waals surface area contributed by atoms with Gasteiger partial charge in [0.1, 0.15) is 0 Å². The monoisotopic (exact) mass is 341 g/mol. The summed E-state index contributed by atoms with van der Waals surface area (Å²) in [5, 5.41) is 9.86. The molecule has 0 unspecified atom stereocenters. The van der Waals surface area contributed by atoms with E-state index in [-0.39, 0.29) is 11.8 Å². The topological polar surface area (TPSA) is 40.5 Å². The van der Waals surface area contributed by atoms with Gasteiger partial charge in [-0.25, -0.2) is 0 Å². The lowest BCUT2D eigenvalue weighted by Gasteiger charge is -2.43. The Bertz CT molecular complexity index is 646. The van der Waals surface area contributed by atoms with Crippen LogP contribution in [-0.4, -0.2) is 34.6 Å². The number of piperidine rings is 1. The molecule has 136 valence electrons. The van der Waals surface area contributed by atoms with Crippen molar-refractivity contribution in [1.82, 2.24) is 4.90 Å². The second-order valence-electron chi connectivity index (χ2n) is 9.00. The molecular formula is C22H31NO2. The summed E-state index contributed by atoms with van der Waals surface area (Å²) in [6, 6.07) is 6.79. The maximum atomic E-state index is 12.5. The highest BCUT2D eigenvalue weighted by Gasteiger charge is 2.44. The van der Waals surface area contributed by atoms with Crippen molar-refractivity contribution in [3.63, 3.8) is 0 Å². The number of benzene rings is 1. The summed E-state index contributed by atoms with van der Waals surface area (Å²) in [5.41, 5.74) is 4.04. The highest BCUT2D eigenvalue weighted by atomic mass is 16.3. The number of amides is 1. The zero-order chi connectivity index (χ0) is 17.6. The molecule has 1 amide bonds. The molecule has 3 fully saturated rings. The van der Waals surface area contributed by atoms with Gasteiger partial charge in [-0.2, -0.15) is 0 Å². The SMILES string of the molecule is Cc1cccc(CC2CCN(C(=O)[C@H]3C[C@@](C)(O)C3)CC2)c1C1CC1. The molecule has 2 aliphatic carbocycles. The third-order valence-electron chi connectivity index (χ3n) is 6.56. The van der Waals surface area contributed by atoms with Crippen molar-refractivity contribution >= 4 is 5.91 Å². The molecule has 1 aliphatic heterocycles. The molecule has 2 saturated carbocycles. The Morgan fingerprint density at radius 3 is 2.48 bits per heavy atom. The third-order valence-corrected chi connectivity index (χ3v) is 6.56. The van der Waals surface area contributed by atoms with E-state index >= 15 is 0 Å². The summed E-state index contributed by atoms with van der Waals surface area (Å²) in [5.74, 6) is 1.85. The van der Waals surface area contributed by atoms with Crippen LogP contribution in [0.25, 0.3) is 0 Å². The Morgan fingerprint density at radius 1 is 1.20 bits per heavy atom. The van der Waals surface area contributed by atoms with Gasteiger partial charge >= 0.3 is 0 Å². The Balaban J connectivity index is 1.32. The standard InChI is InChI=1S/C22H31NO2/c1-15-4-3-5-18(20(15)17-6-7-17)12-16-8-10-23(11-9-16)21(24)19-13-22(2,25)14-19/h3-5,16-17,19,25H,6-14H2,1-2H3/t19-,22+. The van der Waals surface area contributed by atoms with Crippen molar-refractivity contribution in [2.24, 2.45) is 11.8 Å². The minimum Gasteiger partial charge on any atom is -0.390 e. The predicted molar refractivity (Wildman–Crippen MR) is 99.5 cm³/mol. The Labute approximate surface area is 151 Å². The van der Waals surface area contributed by atoms with Crippen LogP contribution in [0.2, 0.25) is 0 Å². The molecule has 1 aromatic carbocycles. The van der Waals surface area contributed by atoms with Gasteiger partial charge in [0.05, 0.1) is 5.60 Å². The van der Waals surface area contributed by atoms with E-state index in [0.717, 1.165) is 31.8 Å². The first-order valence-corrected chi connectivity index (χ1v) is 10.0. The second-order valence-corrected chi connectivity index (χ2v) is 9.00. The zero-order valence-electron chi connectivity index (χ0n) is 15.6. The number of carbonyl (C=O) groups excluding carboxylic acids is 1. The molecular weight excluding hydrogens is 310 g/mol. The number of rotatable bonds is 4. The van der Waals surface area contributed by atoms with Gasteiger partial charge in [0.15, 0.2) is 0 Å². The average Bonchev–Trinajstić information content (AvgIpc) is 3.37. The first kappa shape index (κ1) is 17.1. The van der Waals surface area contributed by atoms with Gasteiger partial charge in [0, 0.05) is 19.0 Å². The largest absolute Gasteiger partial charge is 0.390 e. The number of hydrogen-bond donors (Lipinski definition) is 1. The van der Waals surface area contributed by atoms with Crippen molar-refractivity contribution in [2.75, 3.05) is 13.1 Å². The van der Waals surface area contributed by atoms with Crippen molar-refractivity contribution in [3.05, 3.63) is 34.9 Å². The van der Waals surface area contributed by atoms with Crippen LogP contribution in [0.15, 0.2) is 18.2 Å². The molecule has 4 rings (SSSR count). The number of likely N-dealkylation sites (tertiary alicyclic amines) is 1. The van der Waals surface area contributed by atoms with Crippen LogP contribution in [0.4, 0.5) is 0 Å². The first-order chi connectivity index (χ1) is 11.9. The summed E-state index contributed by atoms with van der Waals surface area (Å²) in [6.45, 7) is 5.88. The number of aryl methyl sites for hydroxylation is 1. The summed E-state index contributed by atoms with van der Waals surface area (Å²) < 4.78 is 0. The van der Waals surface area contributed by atoms with Crippen molar-refractivity contribution in [3.8, 4) is 0 Å². The van der Waals surface area contributed by atoms with E-state index in [2.05, 4.69) is 30.0 Å². The number of aliphatic hydroxyl groups is 1. The second kappa shape index (κ2) is 6.42. The maximum absolute atomic E-state index is 12.5. The van der Waals surface area contributed by atoms with Gasteiger partial charge in [0.25, 0.3) is 0 Å². The van der Waals surface area contributed by atoms with E-state index < -0.39 is 5.60 Å². The van der Waals surface area contributed by atoms with E-state index in [4.69, 9.17) is 0 Å². The predicted octanol–water partition coefficient (Wildman–Crippen LogP) is 3.81. The van der Waals surface area contributed by atoms with Gasteiger partial charge in [-0.05, 0) is 87.3 Å². The van der Waals surface area contributed by atoms with Crippen molar-refractivity contribution in [2.45, 2.75) is 70.3 Å². The van der Waals surface area contributed by atoms with E-state index in [1.165, 1.54) is 24.8 Å². The third kappa shape index (κ3) is 3.62. The Hall–Kier alpha value is -1.35. The summed E-state index contributed by atoms with van der Waals surface area (Å²) in [4.78, 5) is 14.6. The number of carbonyl (C=O) groups is 1. The lowest BCUT2D eigenvalue weighted by atomic mass is 9.71. The summed E-state index contributed by atoms with van der Waals surface area (Å²) in [6.07, 6.45) is 7.40. The highest BCUT2D eigenvalue weighted by molar-refractivity contribution is 5.80. The van der Waals surface area contributed by atoms with Crippen LogP contribution in [0, 0.1) is 18.8 Å². The minimum atomic E-state index is -0.608. The molecule has 3 nitrogen and oxygen atoms in total. The van der Waals surface area contributed by atoms with Crippen LogP contribution in [-0.2, 0) is 11.2 Å². The molecule has 1 N–H and O–H groups in total. The molecule has 0 aromatic heterocycles. The molecule has 1 heterocycles. The first-order valence-electron chi connectivity index (χ1n) is 10.0. The van der Waals surface area contributed by atoms with Crippen LogP contribution >= 0.6 is 0 Å². The van der Waals surface area contributed by atoms with Crippen LogP contribution in [0.5, 0.6) is 0 Å². The molecule has 1 aromatic rings. The van der Waals surface area contributed by atoms with Crippen molar-refractivity contribution < 1.29 is 9.90 Å². The molecule has 25 heavy (non-hydrogen) atoms. The lowest BCUT2D eigenvalue weighted by Crippen LogP contribution is -2.51. The molecule has 3 aliphatic rings. The van der Waals surface area contributed by atoms with Gasteiger partial charge < -0.3 is 10.0 Å². The van der Waals surface area contributed by atoms with Crippen LogP contribution in [0.3, 0.4) is 0 Å². The molecule has 0 spiro atoms. The fourth-order valence-electron chi connectivity index (χ4n) is 4.98. The number of hydrogen-bond acceptors (Lipinski definition) is 2. The van der Waals surface area contributed by atoms with E-state index in [9.17, 15) is 9.90 Å². The number of nitrogens with zero attached hydrogens (tertiary/aromatic N) is 1. The summed E-state index contributed by atoms with van der Waals surface area (Å²) >= 11 is 0. The zero-order valence-corrected chi connectivity index (χ0v) is 15.6. The quantitative estimate of drug-likeness (QED) is 0.904. The Morgan fingerprint density at radius 2 is 1.88 bits per heavy atom. The van der Waals surface area contributed by atoms with E-state index in [1.54, 1.807) is 11.1 Å². The minimum absolute atomic E-state index is 0.0600. The van der Waals surface area contributed by atoms with Gasteiger partial charge in [-0.15, -0.1) is 0 Å². The van der Waals surface area contributed by atoms with Gasteiger partial charge in [-0.1, -0.05) is 18.2 Å². The van der Waals surface area contributed by atoms with Crippen LogP contribution in [0.1, 0.15) is 68.1 Å². The Kier molecular flexibility index (Phi) is 4.39. The fourth-order valence-corrected chi connectivity index (χ4v) is 4.98. The van der Waals surface area contributed by atoms with E-state index in [1.807, 2.05) is 6.92 Å². The van der Waals surface area contributed by atoms with E-state index in [0.29, 0.717) is 18.8 Å². The molecule has 0 radical (unpaired) electrons. The van der Waals surface area contributed by atoms with Gasteiger partial charge in [0.2, 0.25) is 5.91 Å². The molecule has 3 heteroatoms. The molecule has 0 atom stereocenters. The molecule has 1 saturated heterocycles. The highest BCUT2D eigenvalue weighted by Crippen LogP contribution is 2.44. The molecule has 0 bridgehead atoms. The lowest BCUT2D eigenvalue weighted by molar-refractivity contribution is -0.151. The fraction of sp³-hybridized carbons (Fsp3) is 0.682.